The fourth-order valence-corrected chi connectivity index (χ4v) is 2.70. The van der Waals surface area contributed by atoms with E-state index in [4.69, 9.17) is 4.42 Å². The Morgan fingerprint density at radius 1 is 1.29 bits per heavy atom. The molecule has 112 valence electrons. The van der Waals surface area contributed by atoms with Gasteiger partial charge in [-0.15, -0.1) is 0 Å². The molecule has 21 heavy (non-hydrogen) atoms. The van der Waals surface area contributed by atoms with E-state index in [0.717, 1.165) is 44.2 Å². The zero-order chi connectivity index (χ0) is 14.7. The molecule has 4 nitrogen and oxygen atoms in total. The fourth-order valence-electron chi connectivity index (χ4n) is 2.70. The molecule has 0 unspecified atom stereocenters. The van der Waals surface area contributed by atoms with Crippen molar-refractivity contribution in [3.8, 4) is 0 Å². The average molecular weight is 285 g/mol. The molecule has 0 bridgehead atoms. The van der Waals surface area contributed by atoms with Crippen molar-refractivity contribution in [1.82, 2.24) is 10.3 Å². The molecule has 0 fully saturated rings. The maximum Gasteiger partial charge on any atom is 0.297 e. The molecule has 1 aromatic carbocycles. The van der Waals surface area contributed by atoms with Gasteiger partial charge in [-0.1, -0.05) is 38.1 Å². The Bertz CT molecular complexity index is 591. The Morgan fingerprint density at radius 2 is 2.10 bits per heavy atom. The Kier molecular flexibility index (Phi) is 4.25. The molecule has 0 saturated carbocycles. The van der Waals surface area contributed by atoms with Crippen molar-refractivity contribution in [3.05, 3.63) is 47.3 Å². The van der Waals surface area contributed by atoms with Crippen LogP contribution in [0.5, 0.6) is 0 Å². The second-order valence-electron chi connectivity index (χ2n) is 5.95. The van der Waals surface area contributed by atoms with Crippen LogP contribution in [0.2, 0.25) is 0 Å². The summed E-state index contributed by atoms with van der Waals surface area (Å²) in [7, 11) is 0. The lowest BCUT2D eigenvalue weighted by Crippen LogP contribution is -2.24. The number of hydrogen-bond donors (Lipinski definition) is 1. The summed E-state index contributed by atoms with van der Waals surface area (Å²) < 4.78 is 5.68. The van der Waals surface area contributed by atoms with Gasteiger partial charge in [-0.05, 0) is 24.0 Å². The largest absolute Gasteiger partial charge is 0.432 e. The van der Waals surface area contributed by atoms with Crippen molar-refractivity contribution in [2.24, 2.45) is 0 Å². The molecular weight excluding hydrogens is 262 g/mol. The second kappa shape index (κ2) is 6.31. The van der Waals surface area contributed by atoms with E-state index in [1.165, 1.54) is 11.1 Å². The van der Waals surface area contributed by atoms with Crippen LogP contribution in [0.3, 0.4) is 0 Å². The summed E-state index contributed by atoms with van der Waals surface area (Å²) in [5.74, 6) is 0. The molecule has 0 amide bonds. The van der Waals surface area contributed by atoms with Crippen LogP contribution in [0.25, 0.3) is 0 Å². The molecule has 1 aliphatic rings. The second-order valence-corrected chi connectivity index (χ2v) is 5.95. The van der Waals surface area contributed by atoms with Gasteiger partial charge in [0.05, 0.1) is 5.69 Å². The number of fused-ring (bicyclic) bond motifs is 1. The van der Waals surface area contributed by atoms with Crippen molar-refractivity contribution in [3.63, 3.8) is 0 Å². The summed E-state index contributed by atoms with van der Waals surface area (Å²) in [6, 6.07) is 9.86. The van der Waals surface area contributed by atoms with Crippen molar-refractivity contribution < 1.29 is 4.42 Å². The molecule has 0 spiro atoms. The van der Waals surface area contributed by atoms with E-state index >= 15 is 0 Å². The van der Waals surface area contributed by atoms with E-state index in [-0.39, 0.29) is 0 Å². The van der Waals surface area contributed by atoms with E-state index in [0.29, 0.717) is 6.04 Å². The number of aromatic nitrogens is 1. The van der Waals surface area contributed by atoms with E-state index in [9.17, 15) is 0 Å². The van der Waals surface area contributed by atoms with Crippen LogP contribution in [-0.4, -0.2) is 17.6 Å². The molecule has 1 N–H and O–H groups in total. The van der Waals surface area contributed by atoms with Gasteiger partial charge >= 0.3 is 0 Å². The molecule has 3 rings (SSSR count). The van der Waals surface area contributed by atoms with Crippen LogP contribution in [0.4, 0.5) is 6.01 Å². The molecule has 4 heteroatoms. The highest BCUT2D eigenvalue weighted by atomic mass is 16.4. The number of benzene rings is 1. The van der Waals surface area contributed by atoms with E-state index in [1.807, 2.05) is 0 Å². The maximum atomic E-state index is 5.68. The van der Waals surface area contributed by atoms with Crippen LogP contribution in [0.1, 0.15) is 37.1 Å². The Balaban J connectivity index is 1.72. The number of oxazole rings is 1. The first-order valence-electron chi connectivity index (χ1n) is 7.72. The number of rotatable bonds is 4. The number of aryl methyl sites for hydroxylation is 1. The average Bonchev–Trinajstić information content (AvgIpc) is 2.84. The summed E-state index contributed by atoms with van der Waals surface area (Å²) >= 11 is 0. The van der Waals surface area contributed by atoms with Crippen LogP contribution >= 0.6 is 0 Å². The molecule has 0 saturated heterocycles. The Morgan fingerprint density at radius 3 is 2.90 bits per heavy atom. The van der Waals surface area contributed by atoms with Crippen molar-refractivity contribution in [1.29, 1.82) is 0 Å². The van der Waals surface area contributed by atoms with Gasteiger partial charge in [0.15, 0.2) is 0 Å². The van der Waals surface area contributed by atoms with Gasteiger partial charge in [0.1, 0.15) is 6.26 Å². The highest BCUT2D eigenvalue weighted by Gasteiger charge is 2.18. The normalized spacial score (nSPS) is 15.1. The van der Waals surface area contributed by atoms with Gasteiger partial charge < -0.3 is 14.6 Å². The van der Waals surface area contributed by atoms with Gasteiger partial charge in [0, 0.05) is 25.7 Å². The smallest absolute Gasteiger partial charge is 0.297 e. The van der Waals surface area contributed by atoms with E-state index in [1.54, 1.807) is 6.26 Å². The first-order valence-corrected chi connectivity index (χ1v) is 7.72. The van der Waals surface area contributed by atoms with Crippen LogP contribution < -0.4 is 10.2 Å². The van der Waals surface area contributed by atoms with Gasteiger partial charge in [-0.3, -0.25) is 0 Å². The summed E-state index contributed by atoms with van der Waals surface area (Å²) in [6.07, 6.45) is 4.04. The van der Waals surface area contributed by atoms with Gasteiger partial charge in [-0.2, -0.15) is 4.98 Å². The number of nitrogens with zero attached hydrogens (tertiary/aromatic N) is 2. The molecule has 2 heterocycles. The lowest BCUT2D eigenvalue weighted by atomic mass is 10.0. The van der Waals surface area contributed by atoms with E-state index < -0.39 is 0 Å². The predicted octanol–water partition coefficient (Wildman–Crippen LogP) is 3.13. The first-order chi connectivity index (χ1) is 10.2. The highest BCUT2D eigenvalue weighted by Crippen LogP contribution is 2.23. The fraction of sp³-hybridized carbons (Fsp3) is 0.471. The molecule has 1 aromatic heterocycles. The third-order valence-corrected chi connectivity index (χ3v) is 3.86. The number of hydrogen-bond acceptors (Lipinski definition) is 4. The molecule has 1 aliphatic heterocycles. The Hall–Kier alpha value is -1.81. The number of nitrogens with one attached hydrogen (secondary N) is 1. The standard InChI is InChI=1S/C17H23N3O/c1-13(2)18-10-16-12-21-17(19-16)20-9-5-8-14-6-3-4-7-15(14)11-20/h3-4,6-7,12-13,18H,5,8-11H2,1-2H3. The van der Waals surface area contributed by atoms with Crippen molar-refractivity contribution in [2.45, 2.75) is 45.8 Å². The minimum atomic E-state index is 0.454. The van der Waals surface area contributed by atoms with Crippen LogP contribution in [-0.2, 0) is 19.5 Å². The summed E-state index contributed by atoms with van der Waals surface area (Å²) in [5.41, 5.74) is 3.81. The monoisotopic (exact) mass is 285 g/mol. The van der Waals surface area contributed by atoms with Gasteiger partial charge in [-0.25, -0.2) is 0 Å². The van der Waals surface area contributed by atoms with Gasteiger partial charge in [0.25, 0.3) is 6.01 Å². The zero-order valence-corrected chi connectivity index (χ0v) is 12.8. The maximum absolute atomic E-state index is 5.68. The van der Waals surface area contributed by atoms with Gasteiger partial charge in [0.2, 0.25) is 0 Å². The number of anilines is 1. The zero-order valence-electron chi connectivity index (χ0n) is 12.8. The lowest BCUT2D eigenvalue weighted by molar-refractivity contribution is 0.527. The van der Waals surface area contributed by atoms with Crippen molar-refractivity contribution in [2.75, 3.05) is 11.4 Å². The third kappa shape index (κ3) is 3.45. The van der Waals surface area contributed by atoms with Crippen LogP contribution in [0.15, 0.2) is 34.9 Å². The third-order valence-electron chi connectivity index (χ3n) is 3.86. The molecule has 0 atom stereocenters. The molecular formula is C17H23N3O. The molecule has 0 aliphatic carbocycles. The summed E-state index contributed by atoms with van der Waals surface area (Å²) in [4.78, 5) is 6.86. The lowest BCUT2D eigenvalue weighted by Gasteiger charge is -2.18. The minimum Gasteiger partial charge on any atom is -0.432 e. The minimum absolute atomic E-state index is 0.454. The molecule has 2 aromatic rings. The highest BCUT2D eigenvalue weighted by molar-refractivity contribution is 5.36. The summed E-state index contributed by atoms with van der Waals surface area (Å²) in [5, 5.41) is 3.36. The molecule has 0 radical (unpaired) electrons. The predicted molar refractivity (Wildman–Crippen MR) is 84.3 cm³/mol. The summed E-state index contributed by atoms with van der Waals surface area (Å²) in [6.45, 7) is 6.89. The SMILES string of the molecule is CC(C)NCc1coc(N2CCCc3ccccc3C2)n1. The topological polar surface area (TPSA) is 41.3 Å². The quantitative estimate of drug-likeness (QED) is 0.937. The van der Waals surface area contributed by atoms with Crippen LogP contribution in [0, 0.1) is 0 Å². The van der Waals surface area contributed by atoms with E-state index in [2.05, 4.69) is 53.3 Å². The Labute approximate surface area is 126 Å². The first kappa shape index (κ1) is 14.1. The van der Waals surface area contributed by atoms with Crippen molar-refractivity contribution >= 4 is 6.01 Å².